The van der Waals surface area contributed by atoms with Crippen molar-refractivity contribution in [1.82, 2.24) is 20.2 Å². The Morgan fingerprint density at radius 1 is 1.10 bits per heavy atom. The average Bonchev–Trinajstić information content (AvgIpc) is 2.94. The monoisotopic (exact) mass is 424 g/mol. The first-order valence-corrected chi connectivity index (χ1v) is 10.3. The Bertz CT molecular complexity index is 997. The molecule has 2 fully saturated rings. The zero-order valence-electron chi connectivity index (χ0n) is 16.1. The van der Waals surface area contributed by atoms with Crippen molar-refractivity contribution in [3.8, 4) is 0 Å². The van der Waals surface area contributed by atoms with E-state index in [0.29, 0.717) is 25.5 Å². The number of hydrogen-bond acceptors (Lipinski definition) is 7. The zero-order chi connectivity index (χ0) is 20.9. The summed E-state index contributed by atoms with van der Waals surface area (Å²) in [6.45, 7) is 2.58. The van der Waals surface area contributed by atoms with E-state index in [-0.39, 0.29) is 10.9 Å². The van der Waals surface area contributed by atoms with Gasteiger partial charge in [-0.2, -0.15) is 0 Å². The second-order valence-corrected chi connectivity index (χ2v) is 7.76. The van der Waals surface area contributed by atoms with E-state index < -0.39 is 11.1 Å². The van der Waals surface area contributed by atoms with Crippen molar-refractivity contribution in [2.45, 2.75) is 6.42 Å². The summed E-state index contributed by atoms with van der Waals surface area (Å²) in [4.78, 5) is 48.4. The van der Waals surface area contributed by atoms with Crippen LogP contribution in [0, 0.1) is 0 Å². The third-order valence-corrected chi connectivity index (χ3v) is 5.50. The van der Waals surface area contributed by atoms with Gasteiger partial charge in [0, 0.05) is 44.1 Å². The van der Waals surface area contributed by atoms with Gasteiger partial charge in [0.25, 0.3) is 11.1 Å². The molecule has 2 aliphatic rings. The standard InChI is InChI=1S/C20H20N6O3S/c27-18-15(30-20(29)24-18)13-16-21-8-7-17(23-16)25-9-4-10-26(12-11-25)19(28)22-14-5-2-1-3-6-14/h1-3,5-8,13H,4,9-12H2,(H,22,28)(H,24,27,29). The highest BCUT2D eigenvalue weighted by Crippen LogP contribution is 2.25. The van der Waals surface area contributed by atoms with Crippen molar-refractivity contribution in [1.29, 1.82) is 0 Å². The summed E-state index contributed by atoms with van der Waals surface area (Å²) in [6.07, 6.45) is 3.93. The van der Waals surface area contributed by atoms with Gasteiger partial charge < -0.3 is 15.1 Å². The number of hydrogen-bond donors (Lipinski definition) is 2. The highest BCUT2D eigenvalue weighted by molar-refractivity contribution is 8.18. The molecule has 0 spiro atoms. The van der Waals surface area contributed by atoms with E-state index in [4.69, 9.17) is 0 Å². The van der Waals surface area contributed by atoms with Crippen LogP contribution in [0.15, 0.2) is 47.5 Å². The number of benzene rings is 1. The molecule has 1 aromatic heterocycles. The Morgan fingerprint density at radius 3 is 2.70 bits per heavy atom. The van der Waals surface area contributed by atoms with Gasteiger partial charge in [0.1, 0.15) is 5.82 Å². The zero-order valence-corrected chi connectivity index (χ0v) is 16.9. The third kappa shape index (κ3) is 4.77. The van der Waals surface area contributed by atoms with Crippen LogP contribution in [0.4, 0.5) is 21.1 Å². The molecule has 2 aromatic rings. The molecular weight excluding hydrogens is 404 g/mol. The molecule has 2 aliphatic heterocycles. The quantitative estimate of drug-likeness (QED) is 0.729. The summed E-state index contributed by atoms with van der Waals surface area (Å²) >= 11 is 0.834. The van der Waals surface area contributed by atoms with Crippen LogP contribution in [0.5, 0.6) is 0 Å². The fourth-order valence-corrected chi connectivity index (χ4v) is 3.87. The Balaban J connectivity index is 1.41. The summed E-state index contributed by atoms with van der Waals surface area (Å²) < 4.78 is 0. The number of rotatable bonds is 3. The molecule has 0 saturated carbocycles. The smallest absolute Gasteiger partial charge is 0.321 e. The van der Waals surface area contributed by atoms with Crippen molar-refractivity contribution >= 4 is 46.5 Å². The predicted octanol–water partition coefficient (Wildman–Crippen LogP) is 2.54. The normalized spacial score (nSPS) is 18.3. The molecule has 1 aromatic carbocycles. The fraction of sp³-hybridized carbons (Fsp3) is 0.250. The third-order valence-electron chi connectivity index (χ3n) is 4.69. The summed E-state index contributed by atoms with van der Waals surface area (Å²) in [5.41, 5.74) is 0.768. The number of aromatic nitrogens is 2. The number of nitrogens with one attached hydrogen (secondary N) is 2. The number of nitrogens with zero attached hydrogens (tertiary/aromatic N) is 4. The largest absolute Gasteiger partial charge is 0.355 e. The van der Waals surface area contributed by atoms with Crippen molar-refractivity contribution in [2.24, 2.45) is 0 Å². The highest BCUT2D eigenvalue weighted by Gasteiger charge is 2.25. The van der Waals surface area contributed by atoms with Crippen LogP contribution in [0.25, 0.3) is 6.08 Å². The van der Waals surface area contributed by atoms with E-state index in [9.17, 15) is 14.4 Å². The molecular formula is C20H20N6O3S. The molecule has 3 heterocycles. The Kier molecular flexibility index (Phi) is 5.94. The Hall–Kier alpha value is -3.40. The summed E-state index contributed by atoms with van der Waals surface area (Å²) in [5, 5.41) is 4.73. The van der Waals surface area contributed by atoms with Gasteiger partial charge in [0.2, 0.25) is 0 Å². The van der Waals surface area contributed by atoms with E-state index in [0.717, 1.165) is 36.2 Å². The number of thioether (sulfide) groups is 1. The number of carbonyl (C=O) groups excluding carboxylic acids is 3. The summed E-state index contributed by atoms with van der Waals surface area (Å²) in [5.74, 6) is 0.647. The lowest BCUT2D eigenvalue weighted by molar-refractivity contribution is -0.115. The number of anilines is 2. The van der Waals surface area contributed by atoms with Crippen LogP contribution in [-0.2, 0) is 4.79 Å². The van der Waals surface area contributed by atoms with Gasteiger partial charge in [0.15, 0.2) is 5.82 Å². The minimum atomic E-state index is -0.436. The summed E-state index contributed by atoms with van der Waals surface area (Å²) in [6, 6.07) is 11.1. The number of para-hydroxylation sites is 1. The van der Waals surface area contributed by atoms with E-state index in [1.54, 1.807) is 17.2 Å². The van der Waals surface area contributed by atoms with Gasteiger partial charge in [0.05, 0.1) is 4.91 Å². The molecule has 10 heteroatoms. The topological polar surface area (TPSA) is 108 Å². The molecule has 4 amide bonds. The van der Waals surface area contributed by atoms with E-state index in [1.165, 1.54) is 6.08 Å². The van der Waals surface area contributed by atoms with E-state index in [1.807, 2.05) is 30.3 Å². The first-order chi connectivity index (χ1) is 14.6. The molecule has 30 heavy (non-hydrogen) atoms. The first kappa shape index (κ1) is 19.9. The van der Waals surface area contributed by atoms with E-state index in [2.05, 4.69) is 25.5 Å². The minimum absolute atomic E-state index is 0.120. The maximum atomic E-state index is 12.6. The van der Waals surface area contributed by atoms with Crippen LogP contribution >= 0.6 is 11.8 Å². The van der Waals surface area contributed by atoms with Gasteiger partial charge in [-0.3, -0.25) is 14.9 Å². The van der Waals surface area contributed by atoms with Crippen LogP contribution < -0.4 is 15.5 Å². The van der Waals surface area contributed by atoms with E-state index >= 15 is 0 Å². The minimum Gasteiger partial charge on any atom is -0.355 e. The van der Waals surface area contributed by atoms with Gasteiger partial charge in [-0.15, -0.1) is 0 Å². The van der Waals surface area contributed by atoms with Gasteiger partial charge in [-0.05, 0) is 36.4 Å². The number of amides is 4. The lowest BCUT2D eigenvalue weighted by Gasteiger charge is -2.23. The first-order valence-electron chi connectivity index (χ1n) is 9.52. The molecule has 0 radical (unpaired) electrons. The fourth-order valence-electron chi connectivity index (χ4n) is 3.22. The van der Waals surface area contributed by atoms with Gasteiger partial charge >= 0.3 is 6.03 Å². The second kappa shape index (κ2) is 8.95. The average molecular weight is 424 g/mol. The molecule has 2 N–H and O–H groups in total. The predicted molar refractivity (Wildman–Crippen MR) is 115 cm³/mol. The highest BCUT2D eigenvalue weighted by atomic mass is 32.2. The maximum Gasteiger partial charge on any atom is 0.321 e. The molecule has 2 saturated heterocycles. The van der Waals surface area contributed by atoms with Gasteiger partial charge in [-0.25, -0.2) is 14.8 Å². The number of urea groups is 1. The SMILES string of the molecule is O=C1NC(=O)C(=Cc2nccc(N3CCCN(C(=O)Nc4ccccc4)CC3)n2)S1. The van der Waals surface area contributed by atoms with Crippen molar-refractivity contribution in [2.75, 3.05) is 36.4 Å². The van der Waals surface area contributed by atoms with Crippen molar-refractivity contribution in [3.63, 3.8) is 0 Å². The van der Waals surface area contributed by atoms with Crippen LogP contribution in [0.1, 0.15) is 12.2 Å². The number of imide groups is 1. The molecule has 0 bridgehead atoms. The Labute approximate surface area is 177 Å². The molecule has 4 rings (SSSR count). The molecule has 154 valence electrons. The Morgan fingerprint density at radius 2 is 1.93 bits per heavy atom. The van der Waals surface area contributed by atoms with Gasteiger partial charge in [-0.1, -0.05) is 18.2 Å². The van der Waals surface area contributed by atoms with Crippen LogP contribution in [0.3, 0.4) is 0 Å². The summed E-state index contributed by atoms with van der Waals surface area (Å²) in [7, 11) is 0. The van der Waals surface area contributed by atoms with Crippen molar-refractivity contribution < 1.29 is 14.4 Å². The van der Waals surface area contributed by atoms with Crippen molar-refractivity contribution in [3.05, 3.63) is 53.3 Å². The molecule has 9 nitrogen and oxygen atoms in total. The lowest BCUT2D eigenvalue weighted by atomic mass is 10.3. The maximum absolute atomic E-state index is 12.6. The number of carbonyl (C=O) groups is 3. The second-order valence-electron chi connectivity index (χ2n) is 6.75. The molecule has 0 unspecified atom stereocenters. The molecule has 0 aliphatic carbocycles. The van der Waals surface area contributed by atoms with Crippen LogP contribution in [-0.4, -0.2) is 58.2 Å². The lowest BCUT2D eigenvalue weighted by Crippen LogP contribution is -2.38. The molecule has 0 atom stereocenters. The van der Waals surface area contributed by atoms with Crippen LogP contribution in [0.2, 0.25) is 0 Å².